The van der Waals surface area contributed by atoms with Gasteiger partial charge in [0.1, 0.15) is 0 Å². The molecule has 0 bridgehead atoms. The number of carbonyl (C=O) groups is 2. The number of anilines is 1. The minimum atomic E-state index is -0.476. The monoisotopic (exact) mass is 328 g/mol. The second-order valence-corrected chi connectivity index (χ2v) is 5.08. The Morgan fingerprint density at radius 2 is 1.50 bits per heavy atom. The van der Waals surface area contributed by atoms with Gasteiger partial charge in [-0.1, -0.05) is 0 Å². The minimum Gasteiger partial charge on any atom is -0.465 e. The van der Waals surface area contributed by atoms with Gasteiger partial charge < -0.3 is 20.1 Å². The summed E-state index contributed by atoms with van der Waals surface area (Å²) >= 11 is 0. The van der Waals surface area contributed by atoms with Gasteiger partial charge in [0.15, 0.2) is 0 Å². The zero-order chi connectivity index (χ0) is 15.4. The quantitative estimate of drug-likeness (QED) is 0.849. The van der Waals surface area contributed by atoms with E-state index in [1.165, 1.54) is 20.3 Å². The number of piperidine rings is 1. The Balaban J connectivity index is 0.00000242. The lowest BCUT2D eigenvalue weighted by Crippen LogP contribution is -2.39. The van der Waals surface area contributed by atoms with Gasteiger partial charge in [-0.05, 0) is 31.0 Å². The molecule has 0 atom stereocenters. The number of hydrogen-bond donors (Lipinski definition) is 1. The molecule has 0 aliphatic carbocycles. The van der Waals surface area contributed by atoms with E-state index in [9.17, 15) is 9.59 Å². The first-order valence-electron chi connectivity index (χ1n) is 6.87. The molecule has 2 N–H and O–H groups in total. The van der Waals surface area contributed by atoms with Gasteiger partial charge in [-0.15, -0.1) is 12.4 Å². The zero-order valence-electron chi connectivity index (χ0n) is 12.7. The van der Waals surface area contributed by atoms with Crippen LogP contribution in [-0.4, -0.2) is 45.3 Å². The van der Waals surface area contributed by atoms with Crippen LogP contribution in [0.5, 0.6) is 0 Å². The Labute approximate surface area is 136 Å². The summed E-state index contributed by atoms with van der Waals surface area (Å²) < 4.78 is 9.47. The van der Waals surface area contributed by atoms with Crippen molar-refractivity contribution in [1.29, 1.82) is 0 Å². The van der Waals surface area contributed by atoms with Gasteiger partial charge >= 0.3 is 11.9 Å². The highest BCUT2D eigenvalue weighted by atomic mass is 35.5. The van der Waals surface area contributed by atoms with E-state index in [4.69, 9.17) is 15.2 Å². The summed E-state index contributed by atoms with van der Waals surface area (Å²) in [6.45, 7) is 1.60. The van der Waals surface area contributed by atoms with Crippen molar-refractivity contribution in [3.63, 3.8) is 0 Å². The summed E-state index contributed by atoms with van der Waals surface area (Å²) in [5.41, 5.74) is 7.39. The fourth-order valence-electron chi connectivity index (χ4n) is 2.42. The van der Waals surface area contributed by atoms with Gasteiger partial charge in [-0.3, -0.25) is 0 Å². The molecule has 0 unspecified atom stereocenters. The van der Waals surface area contributed by atoms with Gasteiger partial charge in [-0.25, -0.2) is 9.59 Å². The summed E-state index contributed by atoms with van der Waals surface area (Å²) in [5, 5.41) is 0. The maximum atomic E-state index is 11.8. The first kappa shape index (κ1) is 18.3. The van der Waals surface area contributed by atoms with E-state index in [0.717, 1.165) is 31.6 Å². The highest BCUT2D eigenvalue weighted by Crippen LogP contribution is 2.23. The van der Waals surface area contributed by atoms with Crippen LogP contribution in [0.3, 0.4) is 0 Å². The van der Waals surface area contributed by atoms with Crippen molar-refractivity contribution in [1.82, 2.24) is 0 Å². The third-order valence-electron chi connectivity index (χ3n) is 3.66. The highest BCUT2D eigenvalue weighted by molar-refractivity contribution is 5.97. The van der Waals surface area contributed by atoms with Gasteiger partial charge in [0.05, 0.1) is 25.3 Å². The summed E-state index contributed by atoms with van der Waals surface area (Å²) in [5.74, 6) is -0.952. The van der Waals surface area contributed by atoms with Crippen molar-refractivity contribution in [3.05, 3.63) is 29.3 Å². The molecule has 0 spiro atoms. The zero-order valence-corrected chi connectivity index (χ0v) is 13.5. The fourth-order valence-corrected chi connectivity index (χ4v) is 2.42. The highest BCUT2D eigenvalue weighted by Gasteiger charge is 2.20. The molecule has 1 fully saturated rings. The lowest BCUT2D eigenvalue weighted by atomic mass is 10.0. The van der Waals surface area contributed by atoms with Crippen molar-refractivity contribution in [2.24, 2.45) is 5.73 Å². The molecule has 0 aromatic heterocycles. The molecular formula is C15H21ClN2O4. The molecule has 122 valence electrons. The normalized spacial score (nSPS) is 15.0. The SMILES string of the molecule is COC(=O)c1cc(C(=O)OC)cc(N2CCC(N)CC2)c1.Cl. The van der Waals surface area contributed by atoms with Crippen LogP contribution < -0.4 is 10.6 Å². The third-order valence-corrected chi connectivity index (χ3v) is 3.66. The molecule has 1 aromatic carbocycles. The maximum Gasteiger partial charge on any atom is 0.337 e. The van der Waals surface area contributed by atoms with Gasteiger partial charge in [0.25, 0.3) is 0 Å². The number of hydrogen-bond acceptors (Lipinski definition) is 6. The van der Waals surface area contributed by atoms with E-state index in [1.807, 2.05) is 0 Å². The molecule has 7 heteroatoms. The predicted molar refractivity (Wildman–Crippen MR) is 85.8 cm³/mol. The minimum absolute atomic E-state index is 0. The topological polar surface area (TPSA) is 81.9 Å². The Morgan fingerprint density at radius 1 is 1.05 bits per heavy atom. The molecule has 6 nitrogen and oxygen atoms in total. The van der Waals surface area contributed by atoms with Crippen molar-refractivity contribution in [3.8, 4) is 0 Å². The number of nitrogens with two attached hydrogens (primary N) is 1. The summed E-state index contributed by atoms with van der Waals surface area (Å²) in [4.78, 5) is 25.6. The fraction of sp³-hybridized carbons (Fsp3) is 0.467. The van der Waals surface area contributed by atoms with Crippen LogP contribution in [0.1, 0.15) is 33.6 Å². The molecule has 0 radical (unpaired) electrons. The number of carbonyl (C=O) groups excluding carboxylic acids is 2. The molecule has 22 heavy (non-hydrogen) atoms. The second-order valence-electron chi connectivity index (χ2n) is 5.08. The average Bonchev–Trinajstić information content (AvgIpc) is 2.53. The molecular weight excluding hydrogens is 308 g/mol. The van der Waals surface area contributed by atoms with Crippen molar-refractivity contribution < 1.29 is 19.1 Å². The van der Waals surface area contributed by atoms with E-state index in [0.29, 0.717) is 11.1 Å². The second kappa shape index (κ2) is 8.00. The summed E-state index contributed by atoms with van der Waals surface area (Å²) in [7, 11) is 2.62. The molecule has 0 saturated carbocycles. The smallest absolute Gasteiger partial charge is 0.337 e. The standard InChI is InChI=1S/C15H20N2O4.ClH/c1-20-14(18)10-7-11(15(19)21-2)9-13(8-10)17-5-3-12(16)4-6-17;/h7-9,12H,3-6,16H2,1-2H3;1H. The van der Waals surface area contributed by atoms with Gasteiger partial charge in [0, 0.05) is 24.8 Å². The van der Waals surface area contributed by atoms with Crippen LogP contribution in [0.25, 0.3) is 0 Å². The first-order chi connectivity index (χ1) is 10.0. The van der Waals surface area contributed by atoms with Crippen LogP contribution in [-0.2, 0) is 9.47 Å². The molecule has 2 rings (SSSR count). The number of nitrogens with zero attached hydrogens (tertiary/aromatic N) is 1. The van der Waals surface area contributed by atoms with E-state index < -0.39 is 11.9 Å². The van der Waals surface area contributed by atoms with Crippen LogP contribution >= 0.6 is 12.4 Å². The predicted octanol–water partition coefficient (Wildman–Crippen LogP) is 1.61. The van der Waals surface area contributed by atoms with Crippen LogP contribution in [0.2, 0.25) is 0 Å². The Morgan fingerprint density at radius 3 is 1.91 bits per heavy atom. The molecule has 1 aromatic rings. The summed E-state index contributed by atoms with van der Waals surface area (Å²) in [6.07, 6.45) is 1.77. The van der Waals surface area contributed by atoms with E-state index in [1.54, 1.807) is 12.1 Å². The first-order valence-corrected chi connectivity index (χ1v) is 6.87. The van der Waals surface area contributed by atoms with Crippen molar-refractivity contribution >= 4 is 30.0 Å². The molecule has 0 amide bonds. The van der Waals surface area contributed by atoms with Crippen molar-refractivity contribution in [2.75, 3.05) is 32.2 Å². The number of methoxy groups -OCH3 is 2. The Hall–Kier alpha value is -1.79. The van der Waals surface area contributed by atoms with E-state index in [-0.39, 0.29) is 18.4 Å². The van der Waals surface area contributed by atoms with E-state index >= 15 is 0 Å². The Bertz CT molecular complexity index is 508. The third kappa shape index (κ3) is 4.11. The number of benzene rings is 1. The molecule has 1 saturated heterocycles. The number of ether oxygens (including phenoxy) is 2. The van der Waals surface area contributed by atoms with Gasteiger partial charge in [-0.2, -0.15) is 0 Å². The van der Waals surface area contributed by atoms with Crippen LogP contribution in [0.4, 0.5) is 5.69 Å². The van der Waals surface area contributed by atoms with Crippen molar-refractivity contribution in [2.45, 2.75) is 18.9 Å². The maximum absolute atomic E-state index is 11.8. The Kier molecular flexibility index (Phi) is 6.64. The number of esters is 2. The lowest BCUT2D eigenvalue weighted by molar-refractivity contribution is 0.0599. The molecule has 1 aliphatic heterocycles. The summed E-state index contributed by atoms with van der Waals surface area (Å²) in [6, 6.07) is 5.16. The lowest BCUT2D eigenvalue weighted by Gasteiger charge is -2.32. The van der Waals surface area contributed by atoms with Gasteiger partial charge in [0.2, 0.25) is 0 Å². The van der Waals surface area contributed by atoms with E-state index in [2.05, 4.69) is 4.90 Å². The average molecular weight is 329 g/mol. The number of halogens is 1. The largest absolute Gasteiger partial charge is 0.465 e. The number of rotatable bonds is 3. The molecule has 1 aliphatic rings. The van der Waals surface area contributed by atoms with Crippen LogP contribution in [0, 0.1) is 0 Å². The molecule has 1 heterocycles. The van der Waals surface area contributed by atoms with Crippen LogP contribution in [0.15, 0.2) is 18.2 Å².